The molecule has 2 aromatic rings. The van der Waals surface area contributed by atoms with Crippen molar-refractivity contribution in [3.63, 3.8) is 0 Å². The van der Waals surface area contributed by atoms with Gasteiger partial charge in [0.25, 0.3) is 5.91 Å². The fourth-order valence-electron chi connectivity index (χ4n) is 3.10. The van der Waals surface area contributed by atoms with Gasteiger partial charge in [0.2, 0.25) is 0 Å². The number of nitrogens with one attached hydrogen (secondary N) is 1. The number of carbonyl (C=O) groups is 2. The Labute approximate surface area is 149 Å². The highest BCUT2D eigenvalue weighted by Gasteiger charge is 2.45. The van der Waals surface area contributed by atoms with Crippen LogP contribution in [0.3, 0.4) is 0 Å². The molecule has 1 amide bonds. The van der Waals surface area contributed by atoms with E-state index in [0.717, 1.165) is 12.8 Å². The quantitative estimate of drug-likeness (QED) is 0.772. The van der Waals surface area contributed by atoms with E-state index in [1.807, 2.05) is 17.4 Å². The summed E-state index contributed by atoms with van der Waals surface area (Å²) in [4.78, 5) is 31.2. The first-order valence-corrected chi connectivity index (χ1v) is 8.37. The van der Waals surface area contributed by atoms with Crippen LogP contribution in [0.5, 0.6) is 0 Å². The van der Waals surface area contributed by atoms with Crippen LogP contribution in [-0.2, 0) is 16.6 Å². The number of alkyl halides is 2. The van der Waals surface area contributed by atoms with Crippen LogP contribution in [-0.4, -0.2) is 34.6 Å². The van der Waals surface area contributed by atoms with E-state index in [2.05, 4.69) is 29.0 Å². The molecule has 0 atom stereocenters. The second-order valence-corrected chi connectivity index (χ2v) is 6.60. The monoisotopic (exact) mass is 359 g/mol. The van der Waals surface area contributed by atoms with Crippen molar-refractivity contribution in [3.8, 4) is 0 Å². The molecule has 0 spiro atoms. The minimum atomic E-state index is -3.14. The minimum absolute atomic E-state index is 0.0576. The van der Waals surface area contributed by atoms with Crippen LogP contribution in [0.2, 0.25) is 0 Å². The molecule has 0 unspecified atom stereocenters. The third kappa shape index (κ3) is 3.92. The molecule has 1 aliphatic carbocycles. The summed E-state index contributed by atoms with van der Waals surface area (Å²) in [5.74, 6) is -1.34. The molecule has 1 fully saturated rings. The third-order valence-electron chi connectivity index (χ3n) is 4.72. The predicted octanol–water partition coefficient (Wildman–Crippen LogP) is 2.62. The van der Waals surface area contributed by atoms with E-state index in [9.17, 15) is 18.4 Å². The Morgan fingerprint density at radius 3 is 2.42 bits per heavy atom. The zero-order valence-electron chi connectivity index (χ0n) is 14.3. The molecule has 1 N–H and O–H groups in total. The molecule has 1 aliphatic rings. The standard InChI is InChI=1S/C19H19F2N3O2/c1-12-4-2-3-5-14(12)19(6-7-19)8-16-22-9-13(10-23-16)15(25)11-24-18(26)17(20)21/h2-5,9-10,17H,6-8,11H2,1H3,(H,24,26). The predicted molar refractivity (Wildman–Crippen MR) is 91.2 cm³/mol. The van der Waals surface area contributed by atoms with Gasteiger partial charge in [0, 0.05) is 24.2 Å². The lowest BCUT2D eigenvalue weighted by Crippen LogP contribution is -2.34. The number of benzene rings is 1. The van der Waals surface area contributed by atoms with Gasteiger partial charge < -0.3 is 5.32 Å². The van der Waals surface area contributed by atoms with Gasteiger partial charge in [-0.05, 0) is 30.9 Å². The largest absolute Gasteiger partial charge is 0.344 e. The van der Waals surface area contributed by atoms with Crippen LogP contribution in [0.15, 0.2) is 36.7 Å². The molecule has 136 valence electrons. The van der Waals surface area contributed by atoms with Crippen LogP contribution in [0.25, 0.3) is 0 Å². The average molecular weight is 359 g/mol. The highest BCUT2D eigenvalue weighted by atomic mass is 19.3. The Hall–Kier alpha value is -2.70. The Kier molecular flexibility index (Phi) is 5.06. The Bertz CT molecular complexity index is 818. The molecule has 5 nitrogen and oxygen atoms in total. The van der Waals surface area contributed by atoms with Gasteiger partial charge in [0.1, 0.15) is 5.82 Å². The van der Waals surface area contributed by atoms with Crippen molar-refractivity contribution >= 4 is 11.7 Å². The topological polar surface area (TPSA) is 72.0 Å². The summed E-state index contributed by atoms with van der Waals surface area (Å²) in [7, 11) is 0. The second kappa shape index (κ2) is 7.27. The van der Waals surface area contributed by atoms with Crippen molar-refractivity contribution < 1.29 is 18.4 Å². The van der Waals surface area contributed by atoms with Gasteiger partial charge >= 0.3 is 6.43 Å². The highest BCUT2D eigenvalue weighted by molar-refractivity contribution is 5.99. The fourth-order valence-corrected chi connectivity index (χ4v) is 3.10. The van der Waals surface area contributed by atoms with Gasteiger partial charge in [-0.25, -0.2) is 9.97 Å². The molecule has 7 heteroatoms. The van der Waals surface area contributed by atoms with Crippen LogP contribution < -0.4 is 5.32 Å². The number of Topliss-reactive ketones (excluding diaryl/α,β-unsaturated/α-hetero) is 1. The molecular weight excluding hydrogens is 340 g/mol. The van der Waals surface area contributed by atoms with Crippen LogP contribution in [0, 0.1) is 6.92 Å². The SMILES string of the molecule is Cc1ccccc1C1(Cc2ncc(C(=O)CNC(=O)C(F)F)cn2)CC1. The number of amides is 1. The molecule has 0 saturated heterocycles. The van der Waals surface area contributed by atoms with Gasteiger partial charge in [-0.15, -0.1) is 0 Å². The number of rotatable bonds is 7. The van der Waals surface area contributed by atoms with Crippen LogP contribution in [0.1, 0.15) is 40.2 Å². The fraction of sp³-hybridized carbons (Fsp3) is 0.368. The number of hydrogen-bond donors (Lipinski definition) is 1. The number of aryl methyl sites for hydroxylation is 1. The maximum Gasteiger partial charge on any atom is 0.315 e. The van der Waals surface area contributed by atoms with Crippen molar-refractivity contribution in [2.24, 2.45) is 0 Å². The first kappa shape index (κ1) is 18.1. The summed E-state index contributed by atoms with van der Waals surface area (Å²) in [6, 6.07) is 8.26. The third-order valence-corrected chi connectivity index (χ3v) is 4.72. The van der Waals surface area contributed by atoms with Crippen molar-refractivity contribution in [1.82, 2.24) is 15.3 Å². The first-order chi connectivity index (χ1) is 12.4. The Morgan fingerprint density at radius 2 is 1.85 bits per heavy atom. The number of hydrogen-bond acceptors (Lipinski definition) is 4. The molecular formula is C19H19F2N3O2. The van der Waals surface area contributed by atoms with E-state index < -0.39 is 24.7 Å². The molecule has 1 aromatic heterocycles. The first-order valence-electron chi connectivity index (χ1n) is 8.37. The molecule has 1 saturated carbocycles. The van der Waals surface area contributed by atoms with Crippen LogP contribution >= 0.6 is 0 Å². The van der Waals surface area contributed by atoms with Gasteiger partial charge in [0.05, 0.1) is 12.1 Å². The molecule has 0 radical (unpaired) electrons. The van der Waals surface area contributed by atoms with Crippen molar-refractivity contribution in [2.45, 2.75) is 38.0 Å². The normalized spacial score (nSPS) is 14.9. The van der Waals surface area contributed by atoms with E-state index in [-0.39, 0.29) is 11.0 Å². The zero-order valence-corrected chi connectivity index (χ0v) is 14.3. The van der Waals surface area contributed by atoms with E-state index in [0.29, 0.717) is 12.2 Å². The van der Waals surface area contributed by atoms with Gasteiger partial charge in [-0.1, -0.05) is 24.3 Å². The van der Waals surface area contributed by atoms with E-state index in [1.165, 1.54) is 23.5 Å². The summed E-state index contributed by atoms with van der Waals surface area (Å²) >= 11 is 0. The second-order valence-electron chi connectivity index (χ2n) is 6.60. The van der Waals surface area contributed by atoms with Gasteiger partial charge in [-0.3, -0.25) is 9.59 Å². The maximum absolute atomic E-state index is 12.1. The molecule has 1 heterocycles. The summed E-state index contributed by atoms with van der Waals surface area (Å²) in [6.45, 7) is 1.59. The molecule has 0 aliphatic heterocycles. The van der Waals surface area contributed by atoms with Crippen LogP contribution in [0.4, 0.5) is 8.78 Å². The highest BCUT2D eigenvalue weighted by Crippen LogP contribution is 2.51. The van der Waals surface area contributed by atoms with Gasteiger partial charge in [-0.2, -0.15) is 8.78 Å². The lowest BCUT2D eigenvalue weighted by atomic mass is 9.89. The lowest BCUT2D eigenvalue weighted by molar-refractivity contribution is -0.131. The molecule has 0 bridgehead atoms. The van der Waals surface area contributed by atoms with E-state index in [4.69, 9.17) is 0 Å². The van der Waals surface area contributed by atoms with Gasteiger partial charge in [0.15, 0.2) is 5.78 Å². The molecule has 26 heavy (non-hydrogen) atoms. The lowest BCUT2D eigenvalue weighted by Gasteiger charge is -2.17. The zero-order chi connectivity index (χ0) is 18.7. The summed E-state index contributed by atoms with van der Waals surface area (Å²) in [5, 5.41) is 1.88. The Morgan fingerprint density at radius 1 is 1.19 bits per heavy atom. The number of aromatic nitrogens is 2. The number of carbonyl (C=O) groups excluding carboxylic acids is 2. The van der Waals surface area contributed by atoms with E-state index >= 15 is 0 Å². The smallest absolute Gasteiger partial charge is 0.315 e. The van der Waals surface area contributed by atoms with Crippen molar-refractivity contribution in [2.75, 3.05) is 6.54 Å². The average Bonchev–Trinajstić information content (AvgIpc) is 3.40. The molecule has 1 aromatic carbocycles. The number of ketones is 1. The van der Waals surface area contributed by atoms with Crippen molar-refractivity contribution in [1.29, 1.82) is 0 Å². The number of halogens is 2. The number of nitrogens with zero attached hydrogens (tertiary/aromatic N) is 2. The summed E-state index contributed by atoms with van der Waals surface area (Å²) in [6.07, 6.45) is 2.45. The Balaban J connectivity index is 1.64. The van der Waals surface area contributed by atoms with E-state index in [1.54, 1.807) is 0 Å². The molecule has 3 rings (SSSR count). The minimum Gasteiger partial charge on any atom is -0.344 e. The summed E-state index contributed by atoms with van der Waals surface area (Å²) < 4.78 is 24.2. The maximum atomic E-state index is 12.1. The summed E-state index contributed by atoms with van der Waals surface area (Å²) in [5.41, 5.74) is 2.79. The van der Waals surface area contributed by atoms with Crippen molar-refractivity contribution in [3.05, 3.63) is 59.2 Å².